The van der Waals surface area contributed by atoms with Crippen molar-refractivity contribution >= 4 is 0 Å². The van der Waals surface area contributed by atoms with E-state index in [-0.39, 0.29) is 6.04 Å². The van der Waals surface area contributed by atoms with Crippen LogP contribution < -0.4 is 10.5 Å². The van der Waals surface area contributed by atoms with E-state index < -0.39 is 0 Å². The van der Waals surface area contributed by atoms with Gasteiger partial charge in [0.25, 0.3) is 0 Å². The summed E-state index contributed by atoms with van der Waals surface area (Å²) < 4.78 is 5.20. The van der Waals surface area contributed by atoms with Gasteiger partial charge in [-0.15, -0.1) is 0 Å². The quantitative estimate of drug-likeness (QED) is 0.914. The van der Waals surface area contributed by atoms with Crippen LogP contribution in [0.1, 0.15) is 39.4 Å². The number of nitrogens with two attached hydrogens (primary N) is 1. The molecule has 0 heterocycles. The van der Waals surface area contributed by atoms with Gasteiger partial charge >= 0.3 is 0 Å². The summed E-state index contributed by atoms with van der Waals surface area (Å²) in [6.07, 6.45) is 0. The van der Waals surface area contributed by atoms with Crippen molar-refractivity contribution in [1.29, 1.82) is 0 Å². The highest BCUT2D eigenvalue weighted by Crippen LogP contribution is 2.30. The van der Waals surface area contributed by atoms with Gasteiger partial charge < -0.3 is 10.5 Å². The highest BCUT2D eigenvalue weighted by Gasteiger charge is 2.16. The Kier molecular flexibility index (Phi) is 4.15. The fraction of sp³-hybridized carbons (Fsp3) is 0.333. The number of rotatable bonds is 3. The largest absolute Gasteiger partial charge is 0.497 e. The van der Waals surface area contributed by atoms with Gasteiger partial charge in [0.2, 0.25) is 0 Å². The Morgan fingerprint density at radius 2 is 1.40 bits per heavy atom. The zero-order valence-electron chi connectivity index (χ0n) is 12.9. The van der Waals surface area contributed by atoms with E-state index in [9.17, 15) is 0 Å². The van der Waals surface area contributed by atoms with Crippen LogP contribution in [-0.4, -0.2) is 7.11 Å². The van der Waals surface area contributed by atoms with E-state index in [0.717, 1.165) is 11.3 Å². The molecule has 2 aromatic rings. The summed E-state index contributed by atoms with van der Waals surface area (Å²) >= 11 is 0. The minimum atomic E-state index is -0.0977. The molecular formula is C18H23NO. The fourth-order valence-electron chi connectivity index (χ4n) is 2.69. The van der Waals surface area contributed by atoms with Crippen LogP contribution >= 0.6 is 0 Å². The molecule has 2 aromatic carbocycles. The third-order valence-electron chi connectivity index (χ3n) is 4.21. The Bertz CT molecular complexity index is 588. The molecule has 0 saturated heterocycles. The molecule has 0 fully saturated rings. The molecule has 2 rings (SSSR count). The average Bonchev–Trinajstić information content (AvgIpc) is 2.45. The summed E-state index contributed by atoms with van der Waals surface area (Å²) in [5.41, 5.74) is 14.0. The fourth-order valence-corrected chi connectivity index (χ4v) is 2.69. The highest BCUT2D eigenvalue weighted by molar-refractivity contribution is 5.49. The second kappa shape index (κ2) is 5.68. The van der Waals surface area contributed by atoms with Crippen LogP contribution in [0.15, 0.2) is 30.3 Å². The van der Waals surface area contributed by atoms with Crippen LogP contribution in [-0.2, 0) is 0 Å². The first-order valence-corrected chi connectivity index (χ1v) is 6.92. The summed E-state index contributed by atoms with van der Waals surface area (Å²) in [6.45, 7) is 8.60. The third-order valence-corrected chi connectivity index (χ3v) is 4.21. The lowest BCUT2D eigenvalue weighted by atomic mass is 9.87. The molecule has 1 atom stereocenters. The molecule has 0 bridgehead atoms. The van der Waals surface area contributed by atoms with Crippen LogP contribution in [0, 0.1) is 27.7 Å². The molecule has 0 aliphatic carbocycles. The van der Waals surface area contributed by atoms with E-state index in [0.29, 0.717) is 0 Å². The molecular weight excluding hydrogens is 246 g/mol. The average molecular weight is 269 g/mol. The van der Waals surface area contributed by atoms with E-state index in [1.165, 1.54) is 27.8 Å². The Labute approximate surface area is 121 Å². The maximum absolute atomic E-state index is 6.51. The second-order valence-electron chi connectivity index (χ2n) is 5.42. The molecule has 0 aliphatic rings. The number of ether oxygens (including phenoxy) is 1. The first kappa shape index (κ1) is 14.6. The van der Waals surface area contributed by atoms with Crippen LogP contribution in [0.3, 0.4) is 0 Å². The summed E-state index contributed by atoms with van der Waals surface area (Å²) in [7, 11) is 1.67. The molecule has 0 saturated carbocycles. The van der Waals surface area contributed by atoms with Gasteiger partial charge in [-0.2, -0.15) is 0 Å². The van der Waals surface area contributed by atoms with Gasteiger partial charge in [0.1, 0.15) is 5.75 Å². The smallest absolute Gasteiger partial charge is 0.118 e. The summed E-state index contributed by atoms with van der Waals surface area (Å²) in [6, 6.07) is 10.1. The van der Waals surface area contributed by atoms with E-state index in [1.54, 1.807) is 7.11 Å². The topological polar surface area (TPSA) is 35.2 Å². The normalized spacial score (nSPS) is 12.3. The van der Waals surface area contributed by atoms with Crippen LogP contribution in [0.2, 0.25) is 0 Å². The van der Waals surface area contributed by atoms with Gasteiger partial charge in [-0.05, 0) is 73.2 Å². The molecule has 1 unspecified atom stereocenters. The van der Waals surface area contributed by atoms with Crippen molar-refractivity contribution in [2.24, 2.45) is 5.73 Å². The van der Waals surface area contributed by atoms with Gasteiger partial charge in [0, 0.05) is 0 Å². The van der Waals surface area contributed by atoms with E-state index in [1.807, 2.05) is 24.3 Å². The van der Waals surface area contributed by atoms with Crippen molar-refractivity contribution in [2.45, 2.75) is 33.7 Å². The molecule has 0 spiro atoms. The van der Waals surface area contributed by atoms with E-state index in [2.05, 4.69) is 33.8 Å². The lowest BCUT2D eigenvalue weighted by Gasteiger charge is -2.21. The molecule has 2 nitrogen and oxygen atoms in total. The number of hydrogen-bond acceptors (Lipinski definition) is 2. The predicted octanol–water partition coefficient (Wildman–Crippen LogP) is 3.98. The Morgan fingerprint density at radius 1 is 0.900 bits per heavy atom. The van der Waals surface area contributed by atoms with Gasteiger partial charge in [-0.25, -0.2) is 0 Å². The first-order valence-electron chi connectivity index (χ1n) is 6.92. The van der Waals surface area contributed by atoms with Crippen LogP contribution in [0.25, 0.3) is 0 Å². The maximum atomic E-state index is 6.51. The van der Waals surface area contributed by atoms with Gasteiger partial charge in [0.05, 0.1) is 13.2 Å². The Morgan fingerprint density at radius 3 is 1.85 bits per heavy atom. The molecule has 2 N–H and O–H groups in total. The monoisotopic (exact) mass is 269 g/mol. The molecule has 0 amide bonds. The summed E-state index contributed by atoms with van der Waals surface area (Å²) in [5, 5.41) is 0. The van der Waals surface area contributed by atoms with Crippen molar-refractivity contribution in [2.75, 3.05) is 7.11 Å². The van der Waals surface area contributed by atoms with Crippen molar-refractivity contribution in [3.05, 3.63) is 63.7 Å². The van der Waals surface area contributed by atoms with Crippen molar-refractivity contribution in [3.63, 3.8) is 0 Å². The van der Waals surface area contributed by atoms with Crippen LogP contribution in [0.4, 0.5) is 0 Å². The lowest BCUT2D eigenvalue weighted by molar-refractivity contribution is 0.414. The highest BCUT2D eigenvalue weighted by atomic mass is 16.5. The second-order valence-corrected chi connectivity index (χ2v) is 5.42. The standard InChI is InChI=1S/C18H23NO/c1-11-10-12(2)14(4)17(13(11)3)18(19)15-6-8-16(20-5)9-7-15/h6-10,18H,19H2,1-5H3. The van der Waals surface area contributed by atoms with E-state index in [4.69, 9.17) is 10.5 Å². The Hall–Kier alpha value is -1.80. The maximum Gasteiger partial charge on any atom is 0.118 e. The summed E-state index contributed by atoms with van der Waals surface area (Å²) in [5.74, 6) is 0.856. The molecule has 0 aromatic heterocycles. The number of aryl methyl sites for hydroxylation is 2. The van der Waals surface area contributed by atoms with Gasteiger partial charge in [-0.3, -0.25) is 0 Å². The minimum absolute atomic E-state index is 0.0977. The SMILES string of the molecule is COc1ccc(C(N)c2c(C)c(C)cc(C)c2C)cc1. The van der Waals surface area contributed by atoms with Crippen molar-refractivity contribution < 1.29 is 4.74 Å². The van der Waals surface area contributed by atoms with Crippen molar-refractivity contribution in [1.82, 2.24) is 0 Å². The zero-order valence-corrected chi connectivity index (χ0v) is 12.9. The Balaban J connectivity index is 2.49. The lowest BCUT2D eigenvalue weighted by Crippen LogP contribution is -2.16. The number of hydrogen-bond donors (Lipinski definition) is 1. The molecule has 2 heteroatoms. The van der Waals surface area contributed by atoms with E-state index >= 15 is 0 Å². The van der Waals surface area contributed by atoms with Gasteiger partial charge in [0.15, 0.2) is 0 Å². The van der Waals surface area contributed by atoms with Crippen LogP contribution in [0.5, 0.6) is 5.75 Å². The van der Waals surface area contributed by atoms with Crippen molar-refractivity contribution in [3.8, 4) is 5.75 Å². The molecule has 106 valence electrons. The minimum Gasteiger partial charge on any atom is -0.497 e. The molecule has 20 heavy (non-hydrogen) atoms. The molecule has 0 radical (unpaired) electrons. The summed E-state index contributed by atoms with van der Waals surface area (Å²) in [4.78, 5) is 0. The predicted molar refractivity (Wildman–Crippen MR) is 84.4 cm³/mol. The number of benzene rings is 2. The molecule has 0 aliphatic heterocycles. The zero-order chi connectivity index (χ0) is 14.9. The first-order chi connectivity index (χ1) is 9.45. The number of methoxy groups -OCH3 is 1. The van der Waals surface area contributed by atoms with Gasteiger partial charge in [-0.1, -0.05) is 18.2 Å². The third kappa shape index (κ3) is 2.56.